The van der Waals surface area contributed by atoms with Crippen molar-refractivity contribution in [3.05, 3.63) is 17.0 Å². The average molecular weight is 242 g/mol. The summed E-state index contributed by atoms with van der Waals surface area (Å²) in [6, 6.07) is 1.76. The molecule has 1 fully saturated rings. The molecule has 0 saturated heterocycles. The molecule has 0 aromatic carbocycles. The van der Waals surface area contributed by atoms with Crippen LogP contribution < -0.4 is 5.32 Å². The average Bonchev–Trinajstić information content (AvgIpc) is 3.07. The van der Waals surface area contributed by atoms with Gasteiger partial charge in [-0.25, -0.2) is 9.97 Å². The first-order chi connectivity index (χ1) is 7.79. The van der Waals surface area contributed by atoms with E-state index in [1.165, 1.54) is 12.8 Å². The molecule has 0 unspecified atom stereocenters. The Labute approximate surface area is 100 Å². The van der Waals surface area contributed by atoms with Gasteiger partial charge in [0.05, 0.1) is 0 Å². The number of hydrogen-bond acceptors (Lipinski definition) is 4. The van der Waals surface area contributed by atoms with Crippen LogP contribution in [-0.2, 0) is 4.74 Å². The normalized spacial score (nSPS) is 15.1. The SMILES string of the molecule is COCCCNc1cc(Cl)nc(C2CC2)n1. The molecule has 2 rings (SSSR count). The summed E-state index contributed by atoms with van der Waals surface area (Å²) in [7, 11) is 1.70. The van der Waals surface area contributed by atoms with Crippen molar-refractivity contribution in [1.29, 1.82) is 0 Å². The molecule has 0 aliphatic heterocycles. The summed E-state index contributed by atoms with van der Waals surface area (Å²) in [6.07, 6.45) is 3.32. The molecule has 0 amide bonds. The predicted octanol–water partition coefficient (Wildman–Crippen LogP) is 2.46. The number of aromatic nitrogens is 2. The fraction of sp³-hybridized carbons (Fsp3) is 0.636. The van der Waals surface area contributed by atoms with Gasteiger partial charge in [-0.15, -0.1) is 0 Å². The van der Waals surface area contributed by atoms with E-state index in [1.54, 1.807) is 13.2 Å². The van der Waals surface area contributed by atoms with E-state index in [2.05, 4.69) is 15.3 Å². The maximum absolute atomic E-state index is 5.95. The third-order valence-electron chi connectivity index (χ3n) is 2.49. The molecule has 1 aromatic rings. The van der Waals surface area contributed by atoms with Crippen LogP contribution in [0.5, 0.6) is 0 Å². The zero-order chi connectivity index (χ0) is 11.4. The second kappa shape index (κ2) is 5.46. The fourth-order valence-corrected chi connectivity index (χ4v) is 1.67. The smallest absolute Gasteiger partial charge is 0.135 e. The molecule has 0 spiro atoms. The molecule has 1 heterocycles. The quantitative estimate of drug-likeness (QED) is 0.614. The Bertz CT molecular complexity index is 355. The van der Waals surface area contributed by atoms with Crippen LogP contribution >= 0.6 is 11.6 Å². The Morgan fingerprint density at radius 1 is 1.50 bits per heavy atom. The monoisotopic (exact) mass is 241 g/mol. The minimum absolute atomic E-state index is 0.520. The topological polar surface area (TPSA) is 47.0 Å². The molecule has 16 heavy (non-hydrogen) atoms. The largest absolute Gasteiger partial charge is 0.385 e. The number of hydrogen-bond donors (Lipinski definition) is 1. The van der Waals surface area contributed by atoms with Gasteiger partial charge in [-0.2, -0.15) is 0 Å². The van der Waals surface area contributed by atoms with E-state index >= 15 is 0 Å². The van der Waals surface area contributed by atoms with Crippen molar-refractivity contribution in [3.63, 3.8) is 0 Å². The molecule has 1 aromatic heterocycles. The molecule has 1 aliphatic rings. The fourth-order valence-electron chi connectivity index (χ4n) is 1.48. The summed E-state index contributed by atoms with van der Waals surface area (Å²) in [5, 5.41) is 3.75. The van der Waals surface area contributed by atoms with Crippen molar-refractivity contribution in [2.45, 2.75) is 25.2 Å². The van der Waals surface area contributed by atoms with Gasteiger partial charge in [0.15, 0.2) is 0 Å². The summed E-state index contributed by atoms with van der Waals surface area (Å²) in [5.74, 6) is 2.22. The van der Waals surface area contributed by atoms with Crippen LogP contribution in [0.2, 0.25) is 5.15 Å². The summed E-state index contributed by atoms with van der Waals surface area (Å²) >= 11 is 5.95. The second-order valence-electron chi connectivity index (χ2n) is 3.98. The van der Waals surface area contributed by atoms with Gasteiger partial charge < -0.3 is 10.1 Å². The Kier molecular flexibility index (Phi) is 3.96. The molecule has 0 radical (unpaired) electrons. The molecule has 5 heteroatoms. The number of nitrogens with zero attached hydrogens (tertiary/aromatic N) is 2. The molecule has 4 nitrogen and oxygen atoms in total. The lowest BCUT2D eigenvalue weighted by atomic mass is 10.4. The van der Waals surface area contributed by atoms with Gasteiger partial charge in [-0.1, -0.05) is 11.6 Å². The molecule has 1 N–H and O–H groups in total. The lowest BCUT2D eigenvalue weighted by Gasteiger charge is -2.07. The molecule has 1 saturated carbocycles. The van der Waals surface area contributed by atoms with Crippen molar-refractivity contribution >= 4 is 17.4 Å². The van der Waals surface area contributed by atoms with E-state index in [-0.39, 0.29) is 0 Å². The minimum atomic E-state index is 0.520. The predicted molar refractivity (Wildman–Crippen MR) is 64.0 cm³/mol. The van der Waals surface area contributed by atoms with E-state index in [9.17, 15) is 0 Å². The number of anilines is 1. The van der Waals surface area contributed by atoms with Crippen molar-refractivity contribution in [1.82, 2.24) is 9.97 Å². The molecule has 0 bridgehead atoms. The van der Waals surface area contributed by atoms with Gasteiger partial charge in [0.1, 0.15) is 16.8 Å². The van der Waals surface area contributed by atoms with Gasteiger partial charge in [-0.3, -0.25) is 0 Å². The van der Waals surface area contributed by atoms with Gasteiger partial charge >= 0.3 is 0 Å². The lowest BCUT2D eigenvalue weighted by Crippen LogP contribution is -2.07. The summed E-state index contributed by atoms with van der Waals surface area (Å²) < 4.78 is 4.98. The molecule has 1 aliphatic carbocycles. The van der Waals surface area contributed by atoms with Crippen LogP contribution in [-0.4, -0.2) is 30.2 Å². The maximum Gasteiger partial charge on any atom is 0.135 e. The van der Waals surface area contributed by atoms with Crippen LogP contribution in [0.1, 0.15) is 31.0 Å². The molecule has 88 valence electrons. The van der Waals surface area contributed by atoms with Crippen molar-refractivity contribution < 1.29 is 4.74 Å². The Hall–Kier alpha value is -0.870. The van der Waals surface area contributed by atoms with Gasteiger partial charge in [0, 0.05) is 32.2 Å². The number of nitrogens with one attached hydrogen (secondary N) is 1. The summed E-state index contributed by atoms with van der Waals surface area (Å²) in [5.41, 5.74) is 0. The summed E-state index contributed by atoms with van der Waals surface area (Å²) in [4.78, 5) is 8.68. The summed E-state index contributed by atoms with van der Waals surface area (Å²) in [6.45, 7) is 1.59. The highest BCUT2D eigenvalue weighted by Crippen LogP contribution is 2.38. The first-order valence-corrected chi connectivity index (χ1v) is 5.94. The van der Waals surface area contributed by atoms with E-state index < -0.39 is 0 Å². The Morgan fingerprint density at radius 3 is 3.00 bits per heavy atom. The van der Waals surface area contributed by atoms with E-state index in [0.29, 0.717) is 11.1 Å². The van der Waals surface area contributed by atoms with Crippen LogP contribution in [0.4, 0.5) is 5.82 Å². The van der Waals surface area contributed by atoms with Crippen molar-refractivity contribution in [2.24, 2.45) is 0 Å². The van der Waals surface area contributed by atoms with Crippen molar-refractivity contribution in [2.75, 3.05) is 25.6 Å². The lowest BCUT2D eigenvalue weighted by molar-refractivity contribution is 0.198. The van der Waals surface area contributed by atoms with Crippen LogP contribution in [0.3, 0.4) is 0 Å². The van der Waals surface area contributed by atoms with Crippen LogP contribution in [0.25, 0.3) is 0 Å². The zero-order valence-corrected chi connectivity index (χ0v) is 10.1. The number of halogens is 1. The third-order valence-corrected chi connectivity index (χ3v) is 2.68. The van der Waals surface area contributed by atoms with Crippen molar-refractivity contribution in [3.8, 4) is 0 Å². The minimum Gasteiger partial charge on any atom is -0.385 e. The molecule has 0 atom stereocenters. The Balaban J connectivity index is 1.92. The third kappa shape index (κ3) is 3.32. The van der Waals surface area contributed by atoms with Gasteiger partial charge in [0.2, 0.25) is 0 Å². The standard InChI is InChI=1S/C11H16ClN3O/c1-16-6-2-5-13-10-7-9(12)14-11(15-10)8-3-4-8/h7-8H,2-6H2,1H3,(H,13,14,15). The van der Waals surface area contributed by atoms with Gasteiger partial charge in [0.25, 0.3) is 0 Å². The highest BCUT2D eigenvalue weighted by molar-refractivity contribution is 6.29. The van der Waals surface area contributed by atoms with Gasteiger partial charge in [-0.05, 0) is 19.3 Å². The number of rotatable bonds is 6. The van der Waals surface area contributed by atoms with Crippen LogP contribution in [0, 0.1) is 0 Å². The number of ether oxygens (including phenoxy) is 1. The number of methoxy groups -OCH3 is 1. The zero-order valence-electron chi connectivity index (χ0n) is 9.37. The molecular weight excluding hydrogens is 226 g/mol. The highest BCUT2D eigenvalue weighted by atomic mass is 35.5. The Morgan fingerprint density at radius 2 is 2.31 bits per heavy atom. The van der Waals surface area contributed by atoms with E-state index in [0.717, 1.165) is 31.2 Å². The first kappa shape index (κ1) is 11.6. The maximum atomic E-state index is 5.95. The first-order valence-electron chi connectivity index (χ1n) is 5.57. The van der Waals surface area contributed by atoms with Crippen LogP contribution in [0.15, 0.2) is 6.07 Å². The van der Waals surface area contributed by atoms with E-state index in [4.69, 9.17) is 16.3 Å². The van der Waals surface area contributed by atoms with E-state index in [1.807, 2.05) is 0 Å². The molecular formula is C11H16ClN3O. The highest BCUT2D eigenvalue weighted by Gasteiger charge is 2.27. The second-order valence-corrected chi connectivity index (χ2v) is 4.37.